The number of methoxy groups -OCH3 is 1. The van der Waals surface area contributed by atoms with Crippen LogP contribution in [-0.4, -0.2) is 25.2 Å². The van der Waals surface area contributed by atoms with Crippen LogP contribution in [0.25, 0.3) is 0 Å². The molecular weight excluding hydrogens is 198 g/mol. The maximum absolute atomic E-state index is 5.83. The second kappa shape index (κ2) is 4.01. The van der Waals surface area contributed by atoms with Crippen molar-refractivity contribution in [3.63, 3.8) is 0 Å². The first kappa shape index (κ1) is 9.53. The van der Waals surface area contributed by atoms with Gasteiger partial charge in [-0.15, -0.1) is 11.6 Å². The van der Waals surface area contributed by atoms with Gasteiger partial charge in [0.2, 0.25) is 0 Å². The Balaban J connectivity index is 2.46. The zero-order chi connectivity index (χ0) is 9.97. The summed E-state index contributed by atoms with van der Waals surface area (Å²) in [5.74, 6) is 1.34. The Hall–Kier alpha value is -1.02. The van der Waals surface area contributed by atoms with Gasteiger partial charge in [-0.05, 0) is 24.1 Å². The summed E-state index contributed by atoms with van der Waals surface area (Å²) in [7, 11) is 1.67. The maximum atomic E-state index is 5.83. The number of hydrogen-bond donors (Lipinski definition) is 0. The lowest BCUT2D eigenvalue weighted by atomic mass is 9.98. The first-order valence-electron chi connectivity index (χ1n) is 4.61. The summed E-state index contributed by atoms with van der Waals surface area (Å²) in [6, 6.07) is 6.08. The Labute approximate surface area is 88.6 Å². The van der Waals surface area contributed by atoms with Crippen molar-refractivity contribution < 1.29 is 4.74 Å². The minimum atomic E-state index is 0.472. The molecule has 0 bridgehead atoms. The Morgan fingerprint density at radius 1 is 1.50 bits per heavy atom. The third kappa shape index (κ3) is 1.62. The van der Waals surface area contributed by atoms with Gasteiger partial charge in [-0.2, -0.15) is 0 Å². The molecule has 0 N–H and O–H groups in total. The lowest BCUT2D eigenvalue weighted by molar-refractivity contribution is 0.414. The number of aliphatic imine (C=N–C) groups is 1. The average Bonchev–Trinajstić information content (AvgIpc) is 2.27. The van der Waals surface area contributed by atoms with Crippen LogP contribution in [0.1, 0.15) is 11.1 Å². The van der Waals surface area contributed by atoms with Crippen molar-refractivity contribution in [2.45, 2.75) is 6.42 Å². The van der Waals surface area contributed by atoms with Gasteiger partial charge in [0, 0.05) is 12.1 Å². The molecule has 0 aliphatic carbocycles. The molecule has 2 nitrogen and oxygen atoms in total. The first-order chi connectivity index (χ1) is 6.85. The third-order valence-electron chi connectivity index (χ3n) is 2.44. The molecular formula is C11H12ClNO. The van der Waals surface area contributed by atoms with Crippen LogP contribution in [0.2, 0.25) is 0 Å². The van der Waals surface area contributed by atoms with Crippen LogP contribution in [-0.2, 0) is 6.42 Å². The van der Waals surface area contributed by atoms with Gasteiger partial charge in [-0.25, -0.2) is 0 Å². The summed E-state index contributed by atoms with van der Waals surface area (Å²) in [4.78, 5) is 4.39. The molecule has 0 fully saturated rings. The van der Waals surface area contributed by atoms with E-state index in [2.05, 4.69) is 11.1 Å². The SMILES string of the molecule is COc1ccc2c(c1)C(CCl)=NCC2. The maximum Gasteiger partial charge on any atom is 0.119 e. The van der Waals surface area contributed by atoms with Gasteiger partial charge in [0.25, 0.3) is 0 Å². The van der Waals surface area contributed by atoms with E-state index < -0.39 is 0 Å². The molecule has 0 spiro atoms. The summed E-state index contributed by atoms with van der Waals surface area (Å²) in [5, 5.41) is 0. The van der Waals surface area contributed by atoms with Crippen LogP contribution in [0.4, 0.5) is 0 Å². The molecule has 0 amide bonds. The number of rotatable bonds is 2. The first-order valence-corrected chi connectivity index (χ1v) is 5.15. The van der Waals surface area contributed by atoms with E-state index in [0.717, 1.165) is 30.0 Å². The Kier molecular flexibility index (Phi) is 2.73. The van der Waals surface area contributed by atoms with Crippen LogP contribution in [0, 0.1) is 0 Å². The van der Waals surface area contributed by atoms with E-state index in [0.29, 0.717) is 5.88 Å². The summed E-state index contributed by atoms with van der Waals surface area (Å²) in [6.07, 6.45) is 1.000. The van der Waals surface area contributed by atoms with Crippen molar-refractivity contribution in [1.82, 2.24) is 0 Å². The molecule has 1 aromatic rings. The van der Waals surface area contributed by atoms with E-state index in [4.69, 9.17) is 16.3 Å². The summed E-state index contributed by atoms with van der Waals surface area (Å²) in [6.45, 7) is 0.849. The zero-order valence-corrected chi connectivity index (χ0v) is 8.84. The number of fused-ring (bicyclic) bond motifs is 1. The van der Waals surface area contributed by atoms with Crippen LogP contribution in [0.15, 0.2) is 23.2 Å². The second-order valence-electron chi connectivity index (χ2n) is 3.24. The van der Waals surface area contributed by atoms with E-state index in [-0.39, 0.29) is 0 Å². The fraction of sp³-hybridized carbons (Fsp3) is 0.364. The number of nitrogens with zero attached hydrogens (tertiary/aromatic N) is 1. The van der Waals surface area contributed by atoms with Gasteiger partial charge in [0.15, 0.2) is 0 Å². The molecule has 3 heteroatoms. The normalized spacial score (nSPS) is 14.6. The highest BCUT2D eigenvalue weighted by Gasteiger charge is 2.13. The van der Waals surface area contributed by atoms with Crippen molar-refractivity contribution in [3.05, 3.63) is 29.3 Å². The van der Waals surface area contributed by atoms with Gasteiger partial charge in [-0.3, -0.25) is 4.99 Å². The third-order valence-corrected chi connectivity index (χ3v) is 2.69. The van der Waals surface area contributed by atoms with E-state index in [1.165, 1.54) is 5.56 Å². The number of halogens is 1. The van der Waals surface area contributed by atoms with Crippen molar-refractivity contribution >= 4 is 17.3 Å². The van der Waals surface area contributed by atoms with Gasteiger partial charge < -0.3 is 4.74 Å². The number of ether oxygens (including phenoxy) is 1. The second-order valence-corrected chi connectivity index (χ2v) is 3.50. The van der Waals surface area contributed by atoms with Gasteiger partial charge in [0.05, 0.1) is 18.7 Å². The predicted molar refractivity (Wildman–Crippen MR) is 58.8 cm³/mol. The molecule has 1 heterocycles. The Morgan fingerprint density at radius 3 is 3.07 bits per heavy atom. The Morgan fingerprint density at radius 2 is 2.36 bits per heavy atom. The van der Waals surface area contributed by atoms with E-state index in [1.807, 2.05) is 12.1 Å². The minimum Gasteiger partial charge on any atom is -0.497 e. The highest BCUT2D eigenvalue weighted by Crippen LogP contribution is 2.22. The monoisotopic (exact) mass is 209 g/mol. The summed E-state index contributed by atoms with van der Waals surface area (Å²) < 4.78 is 5.18. The highest BCUT2D eigenvalue weighted by atomic mass is 35.5. The zero-order valence-electron chi connectivity index (χ0n) is 8.09. The lowest BCUT2D eigenvalue weighted by Crippen LogP contribution is -2.14. The predicted octanol–water partition coefficient (Wildman–Crippen LogP) is 2.28. The fourth-order valence-electron chi connectivity index (χ4n) is 1.68. The molecule has 14 heavy (non-hydrogen) atoms. The number of benzene rings is 1. The number of hydrogen-bond acceptors (Lipinski definition) is 2. The quantitative estimate of drug-likeness (QED) is 0.685. The van der Waals surface area contributed by atoms with Gasteiger partial charge in [0.1, 0.15) is 5.75 Å². The highest BCUT2D eigenvalue weighted by molar-refractivity contribution is 6.32. The smallest absolute Gasteiger partial charge is 0.119 e. The molecule has 0 saturated heterocycles. The molecule has 0 saturated carbocycles. The molecule has 0 aromatic heterocycles. The summed E-state index contributed by atoms with van der Waals surface area (Å²) in [5.41, 5.74) is 3.44. The van der Waals surface area contributed by atoms with Crippen LogP contribution < -0.4 is 4.74 Å². The van der Waals surface area contributed by atoms with Gasteiger partial charge in [-0.1, -0.05) is 6.07 Å². The molecule has 1 aromatic carbocycles. The molecule has 0 unspecified atom stereocenters. The summed E-state index contributed by atoms with van der Waals surface area (Å²) >= 11 is 5.83. The topological polar surface area (TPSA) is 21.6 Å². The van der Waals surface area contributed by atoms with E-state index in [9.17, 15) is 0 Å². The Bertz CT molecular complexity index is 374. The largest absolute Gasteiger partial charge is 0.497 e. The van der Waals surface area contributed by atoms with Crippen LogP contribution in [0.5, 0.6) is 5.75 Å². The van der Waals surface area contributed by atoms with E-state index in [1.54, 1.807) is 7.11 Å². The van der Waals surface area contributed by atoms with Crippen molar-refractivity contribution in [2.24, 2.45) is 4.99 Å². The molecule has 1 aliphatic heterocycles. The molecule has 2 rings (SSSR count). The van der Waals surface area contributed by atoms with Crippen molar-refractivity contribution in [2.75, 3.05) is 19.5 Å². The van der Waals surface area contributed by atoms with Crippen LogP contribution >= 0.6 is 11.6 Å². The van der Waals surface area contributed by atoms with Crippen LogP contribution in [0.3, 0.4) is 0 Å². The minimum absolute atomic E-state index is 0.472. The van der Waals surface area contributed by atoms with E-state index >= 15 is 0 Å². The molecule has 1 aliphatic rings. The van der Waals surface area contributed by atoms with Gasteiger partial charge >= 0.3 is 0 Å². The fourth-order valence-corrected chi connectivity index (χ4v) is 1.91. The van der Waals surface area contributed by atoms with Crippen molar-refractivity contribution in [1.29, 1.82) is 0 Å². The molecule has 0 atom stereocenters. The standard InChI is InChI=1S/C11H12ClNO/c1-14-9-3-2-8-4-5-13-11(7-12)10(8)6-9/h2-3,6H,4-5,7H2,1H3. The molecule has 0 radical (unpaired) electrons. The number of alkyl halides is 1. The lowest BCUT2D eigenvalue weighted by Gasteiger charge is -2.16. The molecule has 74 valence electrons. The average molecular weight is 210 g/mol. The van der Waals surface area contributed by atoms with Crippen molar-refractivity contribution in [3.8, 4) is 5.75 Å².